The molecule has 16 heavy (non-hydrogen) atoms. The summed E-state index contributed by atoms with van der Waals surface area (Å²) >= 11 is 0. The zero-order valence-corrected chi connectivity index (χ0v) is 9.70. The van der Waals surface area contributed by atoms with Crippen molar-refractivity contribution in [2.75, 3.05) is 6.61 Å². The van der Waals surface area contributed by atoms with E-state index in [4.69, 9.17) is 10.8 Å². The Labute approximate surface area is 96.2 Å². The maximum absolute atomic E-state index is 10.7. The Bertz CT molecular complexity index is 308. The third-order valence-electron chi connectivity index (χ3n) is 2.75. The second-order valence-electron chi connectivity index (χ2n) is 4.29. The highest BCUT2D eigenvalue weighted by Gasteiger charge is 2.15. The van der Waals surface area contributed by atoms with Gasteiger partial charge in [0.25, 0.3) is 0 Å². The minimum Gasteiger partial charge on any atom is -0.401 e. The summed E-state index contributed by atoms with van der Waals surface area (Å²) in [5.41, 5.74) is 7.60. The van der Waals surface area contributed by atoms with Crippen molar-refractivity contribution in [3.05, 3.63) is 23.5 Å². The lowest BCUT2D eigenvalue weighted by Gasteiger charge is -2.21. The molecule has 1 amide bonds. The lowest BCUT2D eigenvalue weighted by Crippen LogP contribution is -2.18. The van der Waals surface area contributed by atoms with Gasteiger partial charge in [-0.15, -0.1) is 0 Å². The number of carbonyl (C=O) groups is 1. The molecule has 0 aromatic heterocycles. The number of aliphatic hydroxyl groups is 1. The van der Waals surface area contributed by atoms with E-state index in [1.54, 1.807) is 6.20 Å². The van der Waals surface area contributed by atoms with Crippen LogP contribution in [-0.2, 0) is 4.79 Å². The van der Waals surface area contributed by atoms with Crippen LogP contribution in [0.1, 0.15) is 32.6 Å². The first kappa shape index (κ1) is 12.8. The molecule has 0 radical (unpaired) electrons. The second kappa shape index (κ2) is 6.33. The second-order valence-corrected chi connectivity index (χ2v) is 4.29. The Kier molecular flexibility index (Phi) is 5.05. The number of hydrogen-bond acceptors (Lipinski definition) is 3. The summed E-state index contributed by atoms with van der Waals surface area (Å²) in [6.45, 7) is 1.60. The van der Waals surface area contributed by atoms with Gasteiger partial charge >= 0.3 is 0 Å². The lowest BCUT2D eigenvalue weighted by atomic mass is 9.86. The van der Waals surface area contributed by atoms with Crippen LogP contribution in [0.4, 0.5) is 0 Å². The molecule has 0 bridgehead atoms. The van der Waals surface area contributed by atoms with Crippen molar-refractivity contribution in [2.45, 2.75) is 32.6 Å². The number of rotatable bonds is 4. The standard InChI is InChI=1S/C12H20N2O2/c1-9(16)14-7-12(13)6-10-3-2-4-11(5-10)8-15/h4,7,10,15H,2-3,5-6,8,13H2,1H3,(H,14,16)/b12-7-. The Morgan fingerprint density at radius 1 is 1.75 bits per heavy atom. The number of amides is 1. The van der Waals surface area contributed by atoms with Crippen molar-refractivity contribution in [3.63, 3.8) is 0 Å². The SMILES string of the molecule is CC(=O)N/C=C(\N)CC1CCC=C(CO)C1. The van der Waals surface area contributed by atoms with Gasteiger partial charge in [-0.1, -0.05) is 6.08 Å². The minimum absolute atomic E-state index is 0.109. The van der Waals surface area contributed by atoms with Crippen LogP contribution in [0, 0.1) is 5.92 Å². The van der Waals surface area contributed by atoms with Crippen molar-refractivity contribution in [1.29, 1.82) is 0 Å². The smallest absolute Gasteiger partial charge is 0.220 e. The van der Waals surface area contributed by atoms with E-state index in [0.717, 1.165) is 31.3 Å². The van der Waals surface area contributed by atoms with E-state index in [2.05, 4.69) is 11.4 Å². The normalized spacial score (nSPS) is 21.5. The molecule has 1 aliphatic rings. The first-order valence-electron chi connectivity index (χ1n) is 5.62. The fourth-order valence-electron chi connectivity index (χ4n) is 1.97. The van der Waals surface area contributed by atoms with Gasteiger partial charge in [-0.3, -0.25) is 4.79 Å². The predicted molar refractivity (Wildman–Crippen MR) is 63.2 cm³/mol. The first-order chi connectivity index (χ1) is 7.61. The molecule has 4 heteroatoms. The van der Waals surface area contributed by atoms with Crippen LogP contribution in [0.15, 0.2) is 23.5 Å². The molecule has 90 valence electrons. The Morgan fingerprint density at radius 3 is 3.12 bits per heavy atom. The average Bonchev–Trinajstić information content (AvgIpc) is 2.26. The van der Waals surface area contributed by atoms with Gasteiger partial charge < -0.3 is 16.2 Å². The molecular formula is C12H20N2O2. The lowest BCUT2D eigenvalue weighted by molar-refractivity contribution is -0.118. The van der Waals surface area contributed by atoms with Crippen molar-refractivity contribution >= 4 is 5.91 Å². The van der Waals surface area contributed by atoms with Crippen LogP contribution < -0.4 is 11.1 Å². The first-order valence-corrected chi connectivity index (χ1v) is 5.62. The van der Waals surface area contributed by atoms with Gasteiger partial charge in [0.05, 0.1) is 6.61 Å². The van der Waals surface area contributed by atoms with Gasteiger partial charge in [-0.25, -0.2) is 0 Å². The molecule has 0 aromatic rings. The summed E-state index contributed by atoms with van der Waals surface area (Å²) < 4.78 is 0. The van der Waals surface area contributed by atoms with Gasteiger partial charge in [0.2, 0.25) is 5.91 Å². The van der Waals surface area contributed by atoms with E-state index in [-0.39, 0.29) is 12.5 Å². The summed E-state index contributed by atoms with van der Waals surface area (Å²) in [4.78, 5) is 10.7. The number of nitrogens with one attached hydrogen (secondary N) is 1. The Morgan fingerprint density at radius 2 is 2.50 bits per heavy atom. The molecule has 0 saturated heterocycles. The molecule has 0 aromatic carbocycles. The summed E-state index contributed by atoms with van der Waals surface area (Å²) in [5.74, 6) is 0.375. The third-order valence-corrected chi connectivity index (χ3v) is 2.75. The Balaban J connectivity index is 2.40. The summed E-state index contributed by atoms with van der Waals surface area (Å²) in [5, 5.41) is 11.6. The number of aliphatic hydroxyl groups excluding tert-OH is 1. The van der Waals surface area contributed by atoms with Crippen LogP contribution in [0.2, 0.25) is 0 Å². The fourth-order valence-corrected chi connectivity index (χ4v) is 1.97. The van der Waals surface area contributed by atoms with E-state index >= 15 is 0 Å². The van der Waals surface area contributed by atoms with Crippen molar-refractivity contribution in [3.8, 4) is 0 Å². The molecular weight excluding hydrogens is 204 g/mol. The van der Waals surface area contributed by atoms with E-state index < -0.39 is 0 Å². The van der Waals surface area contributed by atoms with Gasteiger partial charge in [-0.05, 0) is 37.2 Å². The summed E-state index contributed by atoms with van der Waals surface area (Å²) in [6.07, 6.45) is 7.46. The van der Waals surface area contributed by atoms with E-state index in [1.807, 2.05) is 0 Å². The molecule has 0 spiro atoms. The maximum atomic E-state index is 10.7. The minimum atomic E-state index is -0.109. The fraction of sp³-hybridized carbons (Fsp3) is 0.583. The van der Waals surface area contributed by atoms with E-state index in [1.165, 1.54) is 6.92 Å². The number of nitrogens with two attached hydrogens (primary N) is 1. The quantitative estimate of drug-likeness (QED) is 0.624. The van der Waals surface area contributed by atoms with Crippen molar-refractivity contribution in [2.24, 2.45) is 11.7 Å². The van der Waals surface area contributed by atoms with Crippen molar-refractivity contribution in [1.82, 2.24) is 5.32 Å². The monoisotopic (exact) mass is 224 g/mol. The van der Waals surface area contributed by atoms with Gasteiger partial charge in [-0.2, -0.15) is 0 Å². The average molecular weight is 224 g/mol. The van der Waals surface area contributed by atoms with Crippen LogP contribution in [0.5, 0.6) is 0 Å². The van der Waals surface area contributed by atoms with Crippen LogP contribution >= 0.6 is 0 Å². The summed E-state index contributed by atoms with van der Waals surface area (Å²) in [7, 11) is 0. The highest BCUT2D eigenvalue weighted by molar-refractivity contribution is 5.73. The van der Waals surface area contributed by atoms with Crippen LogP contribution in [0.3, 0.4) is 0 Å². The van der Waals surface area contributed by atoms with Gasteiger partial charge in [0, 0.05) is 18.8 Å². The zero-order chi connectivity index (χ0) is 12.0. The zero-order valence-electron chi connectivity index (χ0n) is 9.70. The van der Waals surface area contributed by atoms with Gasteiger partial charge in [0.1, 0.15) is 0 Å². The highest BCUT2D eigenvalue weighted by Crippen LogP contribution is 2.27. The predicted octanol–water partition coefficient (Wildman–Crippen LogP) is 1.03. The molecule has 0 saturated carbocycles. The molecule has 1 unspecified atom stereocenters. The molecule has 4 N–H and O–H groups in total. The molecule has 1 rings (SSSR count). The molecule has 1 aliphatic carbocycles. The molecule has 4 nitrogen and oxygen atoms in total. The molecule has 0 fully saturated rings. The number of hydrogen-bond donors (Lipinski definition) is 3. The van der Waals surface area contributed by atoms with E-state index in [9.17, 15) is 4.79 Å². The molecule has 0 heterocycles. The van der Waals surface area contributed by atoms with Crippen molar-refractivity contribution < 1.29 is 9.90 Å². The largest absolute Gasteiger partial charge is 0.401 e. The maximum Gasteiger partial charge on any atom is 0.220 e. The number of allylic oxidation sites excluding steroid dienone is 2. The van der Waals surface area contributed by atoms with Crippen LogP contribution in [0.25, 0.3) is 0 Å². The summed E-state index contributed by atoms with van der Waals surface area (Å²) in [6, 6.07) is 0. The molecule has 0 aliphatic heterocycles. The molecule has 1 atom stereocenters. The van der Waals surface area contributed by atoms with Crippen LogP contribution in [-0.4, -0.2) is 17.6 Å². The topological polar surface area (TPSA) is 75.4 Å². The Hall–Kier alpha value is -1.29. The van der Waals surface area contributed by atoms with Gasteiger partial charge in [0.15, 0.2) is 0 Å². The number of carbonyl (C=O) groups excluding carboxylic acids is 1. The van der Waals surface area contributed by atoms with E-state index in [0.29, 0.717) is 11.6 Å². The third kappa shape index (κ3) is 4.49. The highest BCUT2D eigenvalue weighted by atomic mass is 16.3.